The van der Waals surface area contributed by atoms with E-state index in [1.165, 1.54) is 19.0 Å². The zero-order valence-electron chi connectivity index (χ0n) is 12.1. The maximum Gasteiger partial charge on any atom is 0.393 e. The molecule has 0 aliphatic carbocycles. The lowest BCUT2D eigenvalue weighted by molar-refractivity contribution is -0.176. The Morgan fingerprint density at radius 2 is 1.86 bits per heavy atom. The molecule has 0 aromatic carbocycles. The second-order valence-electron chi connectivity index (χ2n) is 5.34. The number of anilines is 1. The van der Waals surface area contributed by atoms with Gasteiger partial charge in [0.2, 0.25) is 0 Å². The third kappa shape index (κ3) is 2.61. The predicted molar refractivity (Wildman–Crippen MR) is 72.6 cm³/mol. The molecule has 1 aromatic heterocycles. The van der Waals surface area contributed by atoms with Gasteiger partial charge in [0.25, 0.3) is 5.56 Å². The summed E-state index contributed by atoms with van der Waals surface area (Å²) in [6.07, 6.45) is -4.07. The SMILES string of the molecule is Cn1c(N2CCC[C@H](C(F)(F)F)C2)c(C#N)c(=O)n(C)c1=O. The van der Waals surface area contributed by atoms with Crippen molar-refractivity contribution in [3.63, 3.8) is 0 Å². The van der Waals surface area contributed by atoms with Gasteiger partial charge in [0.05, 0.1) is 5.92 Å². The highest BCUT2D eigenvalue weighted by atomic mass is 19.4. The molecule has 9 heteroatoms. The van der Waals surface area contributed by atoms with E-state index in [9.17, 15) is 22.8 Å². The van der Waals surface area contributed by atoms with Gasteiger partial charge in [-0.1, -0.05) is 0 Å². The van der Waals surface area contributed by atoms with E-state index in [-0.39, 0.29) is 37.3 Å². The Balaban J connectivity index is 2.56. The molecule has 0 unspecified atom stereocenters. The van der Waals surface area contributed by atoms with Crippen molar-refractivity contribution in [1.82, 2.24) is 9.13 Å². The lowest BCUT2D eigenvalue weighted by atomic mass is 9.97. The first-order valence-corrected chi connectivity index (χ1v) is 6.70. The number of aromatic nitrogens is 2. The van der Waals surface area contributed by atoms with E-state index >= 15 is 0 Å². The van der Waals surface area contributed by atoms with E-state index in [0.717, 1.165) is 9.13 Å². The largest absolute Gasteiger partial charge is 0.393 e. The van der Waals surface area contributed by atoms with Crippen LogP contribution in [0.1, 0.15) is 18.4 Å². The summed E-state index contributed by atoms with van der Waals surface area (Å²) in [4.78, 5) is 25.3. The molecular weight excluding hydrogens is 301 g/mol. The minimum absolute atomic E-state index is 0.000671. The Labute approximate surface area is 124 Å². The minimum atomic E-state index is -4.34. The molecule has 2 heterocycles. The Morgan fingerprint density at radius 3 is 2.41 bits per heavy atom. The first-order valence-electron chi connectivity index (χ1n) is 6.70. The van der Waals surface area contributed by atoms with Crippen molar-refractivity contribution in [2.24, 2.45) is 20.0 Å². The van der Waals surface area contributed by atoms with E-state index in [4.69, 9.17) is 5.26 Å². The Bertz CT molecular complexity index is 742. The fourth-order valence-electron chi connectivity index (χ4n) is 2.74. The summed E-state index contributed by atoms with van der Waals surface area (Å²) in [5.41, 5.74) is -1.78. The number of hydrogen-bond acceptors (Lipinski definition) is 4. The smallest absolute Gasteiger partial charge is 0.356 e. The minimum Gasteiger partial charge on any atom is -0.356 e. The topological polar surface area (TPSA) is 71.0 Å². The number of nitrogens with zero attached hydrogens (tertiary/aromatic N) is 4. The molecule has 0 amide bonds. The molecule has 0 radical (unpaired) electrons. The van der Waals surface area contributed by atoms with Crippen LogP contribution in [0.25, 0.3) is 0 Å². The van der Waals surface area contributed by atoms with Crippen molar-refractivity contribution in [2.45, 2.75) is 19.0 Å². The van der Waals surface area contributed by atoms with Crippen LogP contribution in [0.4, 0.5) is 19.0 Å². The molecular formula is C13H15F3N4O2. The molecule has 1 aliphatic rings. The maximum absolute atomic E-state index is 12.9. The van der Waals surface area contributed by atoms with Gasteiger partial charge in [-0.3, -0.25) is 13.9 Å². The Kier molecular flexibility index (Phi) is 4.04. The van der Waals surface area contributed by atoms with Crippen molar-refractivity contribution in [3.05, 3.63) is 26.4 Å². The summed E-state index contributed by atoms with van der Waals surface area (Å²) in [6, 6.07) is 1.71. The predicted octanol–water partition coefficient (Wildman–Crippen LogP) is 0.734. The third-order valence-electron chi connectivity index (χ3n) is 3.93. The molecule has 1 aliphatic heterocycles. The highest BCUT2D eigenvalue weighted by Gasteiger charge is 2.42. The van der Waals surface area contributed by atoms with Crippen LogP contribution in [-0.2, 0) is 14.1 Å². The summed E-state index contributed by atoms with van der Waals surface area (Å²) in [6.45, 7) is -0.0969. The van der Waals surface area contributed by atoms with E-state index in [2.05, 4.69) is 0 Å². The zero-order chi connectivity index (χ0) is 16.7. The van der Waals surface area contributed by atoms with E-state index in [1.54, 1.807) is 6.07 Å². The monoisotopic (exact) mass is 316 g/mol. The van der Waals surface area contributed by atoms with Crippen molar-refractivity contribution in [1.29, 1.82) is 5.26 Å². The van der Waals surface area contributed by atoms with Gasteiger partial charge in [0.15, 0.2) is 5.56 Å². The molecule has 6 nitrogen and oxygen atoms in total. The zero-order valence-corrected chi connectivity index (χ0v) is 12.1. The number of nitriles is 1. The van der Waals surface area contributed by atoms with Crippen molar-refractivity contribution in [2.75, 3.05) is 18.0 Å². The molecule has 0 saturated carbocycles. The lowest BCUT2D eigenvalue weighted by Crippen LogP contribution is -2.47. The van der Waals surface area contributed by atoms with E-state index < -0.39 is 23.3 Å². The van der Waals surface area contributed by atoms with Crippen LogP contribution in [0.15, 0.2) is 9.59 Å². The molecule has 0 N–H and O–H groups in total. The summed E-state index contributed by atoms with van der Waals surface area (Å²) in [5.74, 6) is -1.57. The summed E-state index contributed by atoms with van der Waals surface area (Å²) >= 11 is 0. The molecule has 0 bridgehead atoms. The number of halogens is 3. The van der Waals surface area contributed by atoms with E-state index in [0.29, 0.717) is 0 Å². The van der Waals surface area contributed by atoms with Crippen LogP contribution in [0.5, 0.6) is 0 Å². The number of hydrogen-bond donors (Lipinski definition) is 0. The van der Waals surface area contributed by atoms with Crippen molar-refractivity contribution < 1.29 is 13.2 Å². The quantitative estimate of drug-likeness (QED) is 0.766. The first-order chi connectivity index (χ1) is 10.2. The van der Waals surface area contributed by atoms with Gasteiger partial charge < -0.3 is 4.90 Å². The maximum atomic E-state index is 12.9. The van der Waals surface area contributed by atoms with Gasteiger partial charge >= 0.3 is 11.9 Å². The average Bonchev–Trinajstić information content (AvgIpc) is 2.47. The van der Waals surface area contributed by atoms with Gasteiger partial charge in [-0.25, -0.2) is 4.79 Å². The first kappa shape index (κ1) is 16.1. The highest BCUT2D eigenvalue weighted by molar-refractivity contribution is 5.53. The molecule has 1 saturated heterocycles. The Hall–Kier alpha value is -2.24. The van der Waals surface area contributed by atoms with Crippen LogP contribution in [0.2, 0.25) is 0 Å². The molecule has 120 valence electrons. The van der Waals surface area contributed by atoms with Crippen LogP contribution in [0, 0.1) is 17.2 Å². The van der Waals surface area contributed by atoms with Gasteiger partial charge in [0, 0.05) is 27.2 Å². The fraction of sp³-hybridized carbons (Fsp3) is 0.615. The van der Waals surface area contributed by atoms with Gasteiger partial charge in [0.1, 0.15) is 11.9 Å². The van der Waals surface area contributed by atoms with Crippen LogP contribution >= 0.6 is 0 Å². The van der Waals surface area contributed by atoms with Crippen LogP contribution < -0.4 is 16.1 Å². The average molecular weight is 316 g/mol. The molecule has 1 aromatic rings. The summed E-state index contributed by atoms with van der Waals surface area (Å²) in [5, 5.41) is 9.17. The molecule has 1 fully saturated rings. The molecule has 2 rings (SSSR count). The lowest BCUT2D eigenvalue weighted by Gasteiger charge is -2.36. The van der Waals surface area contributed by atoms with E-state index in [1.807, 2.05) is 0 Å². The fourth-order valence-corrected chi connectivity index (χ4v) is 2.74. The standard InChI is InChI=1S/C13H15F3N4O2/c1-18-10(9(6-17)11(21)19(2)12(18)22)20-5-3-4-8(7-20)13(14,15)16/h8H,3-5,7H2,1-2H3/t8-/m0/s1. The number of rotatable bonds is 1. The number of piperidine rings is 1. The third-order valence-corrected chi connectivity index (χ3v) is 3.93. The van der Waals surface area contributed by atoms with Gasteiger partial charge in [-0.05, 0) is 12.8 Å². The van der Waals surface area contributed by atoms with Crippen LogP contribution in [-0.4, -0.2) is 28.4 Å². The highest BCUT2D eigenvalue weighted by Crippen LogP contribution is 2.34. The summed E-state index contributed by atoms with van der Waals surface area (Å²) in [7, 11) is 2.57. The molecule has 22 heavy (non-hydrogen) atoms. The normalized spacial score (nSPS) is 19.1. The van der Waals surface area contributed by atoms with Crippen LogP contribution in [0.3, 0.4) is 0 Å². The second kappa shape index (κ2) is 5.51. The van der Waals surface area contributed by atoms with Crippen molar-refractivity contribution in [3.8, 4) is 6.07 Å². The molecule has 1 atom stereocenters. The second-order valence-corrected chi connectivity index (χ2v) is 5.34. The number of alkyl halides is 3. The Morgan fingerprint density at radius 1 is 1.23 bits per heavy atom. The van der Waals surface area contributed by atoms with Gasteiger partial charge in [-0.15, -0.1) is 0 Å². The van der Waals surface area contributed by atoms with Gasteiger partial charge in [-0.2, -0.15) is 18.4 Å². The summed E-state index contributed by atoms with van der Waals surface area (Å²) < 4.78 is 40.6. The van der Waals surface area contributed by atoms with Crippen molar-refractivity contribution >= 4 is 5.82 Å². The molecule has 0 spiro atoms.